The summed E-state index contributed by atoms with van der Waals surface area (Å²) >= 11 is 5.32. The number of carbonyl (C=O) groups is 1. The summed E-state index contributed by atoms with van der Waals surface area (Å²) in [6.07, 6.45) is 0. The highest BCUT2D eigenvalue weighted by molar-refractivity contribution is 6.34. The van der Waals surface area contributed by atoms with Gasteiger partial charge in [0.15, 0.2) is 0 Å². The summed E-state index contributed by atoms with van der Waals surface area (Å²) in [7, 11) is 0. The number of carboxylic acids is 1. The average molecular weight is 189 g/mol. The van der Waals surface area contributed by atoms with Crippen LogP contribution in [0.5, 0.6) is 0 Å². The van der Waals surface area contributed by atoms with Crippen LogP contribution < -0.4 is 10.8 Å². The second kappa shape index (κ2) is 2.98. The van der Waals surface area contributed by atoms with Crippen molar-refractivity contribution in [2.45, 2.75) is 0 Å². The molecule has 0 aliphatic rings. The highest BCUT2D eigenvalue weighted by Crippen LogP contribution is 2.24. The number of nitrogens with two attached hydrogens (primary N) is 1. The number of rotatable bonds is 1. The topological polar surface area (TPSA) is 66.2 Å². The Bertz CT molecular complexity index is 340. The molecule has 1 aromatic carbocycles. The lowest BCUT2D eigenvalue weighted by atomic mass is 10.2. The fourth-order valence-electron chi connectivity index (χ4n) is 0.773. The standard InChI is InChI=1S/C7H5ClFNO2/c8-6-3(9)1-2-4(10)5(6)7(11)12/h1-2H,10H2,(H,11,12)/p-1. The van der Waals surface area contributed by atoms with E-state index in [1.807, 2.05) is 0 Å². The first kappa shape index (κ1) is 8.80. The maximum absolute atomic E-state index is 12.6. The molecule has 0 aliphatic heterocycles. The molecule has 0 aliphatic carbocycles. The van der Waals surface area contributed by atoms with E-state index in [0.717, 1.165) is 12.1 Å². The van der Waals surface area contributed by atoms with Gasteiger partial charge in [-0.05, 0) is 12.1 Å². The van der Waals surface area contributed by atoms with Crippen molar-refractivity contribution >= 4 is 23.3 Å². The minimum absolute atomic E-state index is 0.110. The predicted molar refractivity (Wildman–Crippen MR) is 40.2 cm³/mol. The molecular formula is C7H4ClFNO2-. The molecular weight excluding hydrogens is 185 g/mol. The number of hydrogen-bond acceptors (Lipinski definition) is 3. The van der Waals surface area contributed by atoms with Gasteiger partial charge in [0.1, 0.15) is 5.82 Å². The van der Waals surface area contributed by atoms with Crippen LogP contribution in [0.1, 0.15) is 10.4 Å². The van der Waals surface area contributed by atoms with Gasteiger partial charge in [-0.2, -0.15) is 0 Å². The van der Waals surface area contributed by atoms with Crippen molar-refractivity contribution in [1.82, 2.24) is 0 Å². The Kier molecular flexibility index (Phi) is 2.19. The lowest BCUT2D eigenvalue weighted by Gasteiger charge is -2.08. The first-order chi connectivity index (χ1) is 5.54. The highest BCUT2D eigenvalue weighted by Gasteiger charge is 2.09. The largest absolute Gasteiger partial charge is 0.545 e. The van der Waals surface area contributed by atoms with Crippen molar-refractivity contribution in [3.05, 3.63) is 28.5 Å². The summed E-state index contributed by atoms with van der Waals surface area (Å²) in [5.74, 6) is -2.41. The van der Waals surface area contributed by atoms with Crippen molar-refractivity contribution < 1.29 is 14.3 Å². The molecule has 0 radical (unpaired) electrons. The normalized spacial score (nSPS) is 9.83. The Morgan fingerprint density at radius 3 is 2.58 bits per heavy atom. The van der Waals surface area contributed by atoms with Gasteiger partial charge in [0.05, 0.1) is 11.0 Å². The van der Waals surface area contributed by atoms with Crippen molar-refractivity contribution in [3.63, 3.8) is 0 Å². The Labute approximate surface area is 72.6 Å². The second-order valence-corrected chi connectivity index (χ2v) is 2.49. The van der Waals surface area contributed by atoms with Crippen LogP contribution in [0, 0.1) is 5.82 Å². The van der Waals surface area contributed by atoms with E-state index in [0.29, 0.717) is 0 Å². The lowest BCUT2D eigenvalue weighted by molar-refractivity contribution is -0.254. The molecule has 1 rings (SSSR count). The summed E-state index contributed by atoms with van der Waals surface area (Å²) in [6, 6.07) is 2.11. The molecule has 0 amide bonds. The van der Waals surface area contributed by atoms with Crippen molar-refractivity contribution in [3.8, 4) is 0 Å². The van der Waals surface area contributed by atoms with Gasteiger partial charge in [0, 0.05) is 11.3 Å². The number of benzene rings is 1. The summed E-state index contributed by atoms with van der Waals surface area (Å²) < 4.78 is 12.6. The molecule has 0 atom stereocenters. The molecule has 0 fully saturated rings. The third-order valence-electron chi connectivity index (χ3n) is 1.33. The van der Waals surface area contributed by atoms with Gasteiger partial charge in [0.25, 0.3) is 0 Å². The minimum Gasteiger partial charge on any atom is -0.545 e. The fraction of sp³-hybridized carbons (Fsp3) is 0. The molecule has 0 unspecified atom stereocenters. The first-order valence-electron chi connectivity index (χ1n) is 2.99. The predicted octanol–water partition coefficient (Wildman–Crippen LogP) is 0.425. The van der Waals surface area contributed by atoms with E-state index in [9.17, 15) is 14.3 Å². The molecule has 0 bridgehead atoms. The molecule has 1 aromatic rings. The van der Waals surface area contributed by atoms with Gasteiger partial charge in [-0.25, -0.2) is 4.39 Å². The molecule has 0 aromatic heterocycles. The number of halogens is 2. The Balaban J connectivity index is 3.43. The summed E-state index contributed by atoms with van der Waals surface area (Å²) in [6.45, 7) is 0. The van der Waals surface area contributed by atoms with Gasteiger partial charge in [-0.3, -0.25) is 0 Å². The van der Waals surface area contributed by atoms with Crippen LogP contribution in [0.4, 0.5) is 10.1 Å². The zero-order chi connectivity index (χ0) is 9.30. The van der Waals surface area contributed by atoms with E-state index in [2.05, 4.69) is 0 Å². The summed E-state index contributed by atoms with van der Waals surface area (Å²) in [5.41, 5.74) is 4.61. The third kappa shape index (κ3) is 1.33. The van der Waals surface area contributed by atoms with E-state index in [1.165, 1.54) is 0 Å². The summed E-state index contributed by atoms with van der Waals surface area (Å²) in [5, 5.41) is 9.83. The third-order valence-corrected chi connectivity index (χ3v) is 1.70. The SMILES string of the molecule is Nc1ccc(F)c(Cl)c1C(=O)[O-]. The molecule has 2 N–H and O–H groups in total. The zero-order valence-electron chi connectivity index (χ0n) is 5.80. The molecule has 64 valence electrons. The molecule has 5 heteroatoms. The van der Waals surface area contributed by atoms with Gasteiger partial charge >= 0.3 is 0 Å². The molecule has 0 heterocycles. The van der Waals surface area contributed by atoms with E-state index in [4.69, 9.17) is 17.3 Å². The van der Waals surface area contributed by atoms with Crippen LogP contribution in [0.15, 0.2) is 12.1 Å². The van der Waals surface area contributed by atoms with Gasteiger partial charge in [-0.15, -0.1) is 0 Å². The molecule has 3 nitrogen and oxygen atoms in total. The van der Waals surface area contributed by atoms with Gasteiger partial charge < -0.3 is 15.6 Å². The number of carboxylic acid groups (broad SMARTS) is 1. The Morgan fingerprint density at radius 2 is 2.17 bits per heavy atom. The van der Waals surface area contributed by atoms with E-state index in [-0.39, 0.29) is 5.69 Å². The van der Waals surface area contributed by atoms with Crippen LogP contribution in [0.3, 0.4) is 0 Å². The van der Waals surface area contributed by atoms with Crippen LogP contribution >= 0.6 is 11.6 Å². The maximum Gasteiger partial charge on any atom is 0.142 e. The Hall–Kier alpha value is -1.29. The zero-order valence-corrected chi connectivity index (χ0v) is 6.56. The quantitative estimate of drug-likeness (QED) is 0.650. The van der Waals surface area contributed by atoms with Crippen molar-refractivity contribution in [1.29, 1.82) is 0 Å². The smallest absolute Gasteiger partial charge is 0.142 e. The van der Waals surface area contributed by atoms with E-state index < -0.39 is 22.4 Å². The van der Waals surface area contributed by atoms with Crippen LogP contribution in [-0.4, -0.2) is 5.97 Å². The van der Waals surface area contributed by atoms with Crippen molar-refractivity contribution in [2.75, 3.05) is 5.73 Å². The summed E-state index contributed by atoms with van der Waals surface area (Å²) in [4.78, 5) is 10.4. The number of anilines is 1. The number of nitrogen functional groups attached to an aromatic ring is 1. The number of hydrogen-bond donors (Lipinski definition) is 1. The van der Waals surface area contributed by atoms with Crippen LogP contribution in [0.2, 0.25) is 5.02 Å². The highest BCUT2D eigenvalue weighted by atomic mass is 35.5. The van der Waals surface area contributed by atoms with E-state index in [1.54, 1.807) is 0 Å². The first-order valence-corrected chi connectivity index (χ1v) is 3.36. The molecule has 0 saturated carbocycles. The van der Waals surface area contributed by atoms with Crippen LogP contribution in [-0.2, 0) is 0 Å². The molecule has 12 heavy (non-hydrogen) atoms. The minimum atomic E-state index is -1.59. The maximum atomic E-state index is 12.6. The fourth-order valence-corrected chi connectivity index (χ4v) is 1.02. The number of aromatic carboxylic acids is 1. The van der Waals surface area contributed by atoms with Gasteiger partial charge in [0.2, 0.25) is 0 Å². The molecule has 0 saturated heterocycles. The Morgan fingerprint density at radius 1 is 1.58 bits per heavy atom. The second-order valence-electron chi connectivity index (χ2n) is 2.11. The van der Waals surface area contributed by atoms with Crippen molar-refractivity contribution in [2.24, 2.45) is 0 Å². The monoisotopic (exact) mass is 188 g/mol. The van der Waals surface area contributed by atoms with Crippen LogP contribution in [0.25, 0.3) is 0 Å². The van der Waals surface area contributed by atoms with E-state index >= 15 is 0 Å². The number of carbonyl (C=O) groups excluding carboxylic acids is 1. The molecule has 0 spiro atoms. The van der Waals surface area contributed by atoms with Gasteiger partial charge in [-0.1, -0.05) is 11.6 Å². The average Bonchev–Trinajstić information content (AvgIpc) is 1.97. The lowest BCUT2D eigenvalue weighted by Crippen LogP contribution is -2.24.